The molecule has 0 aliphatic carbocycles. The molecular formula is C13H15N. The first kappa shape index (κ1) is 10.5. The highest BCUT2D eigenvalue weighted by atomic mass is 14.7. The first-order valence-electron chi connectivity index (χ1n) is 4.65. The van der Waals surface area contributed by atoms with Gasteiger partial charge < -0.3 is 0 Å². The Morgan fingerprint density at radius 3 is 2.43 bits per heavy atom. The van der Waals surface area contributed by atoms with Gasteiger partial charge in [-0.3, -0.25) is 4.99 Å². The van der Waals surface area contributed by atoms with Crippen LogP contribution in [0, 0.1) is 0 Å². The van der Waals surface area contributed by atoms with Crippen molar-refractivity contribution in [2.45, 2.75) is 13.8 Å². The first-order valence-corrected chi connectivity index (χ1v) is 4.65. The molecule has 0 aromatic heterocycles. The van der Waals surface area contributed by atoms with Crippen molar-refractivity contribution in [3.8, 4) is 0 Å². The lowest BCUT2D eigenvalue weighted by Crippen LogP contribution is -1.84. The Labute approximate surface area is 85.5 Å². The van der Waals surface area contributed by atoms with Gasteiger partial charge in [-0.2, -0.15) is 0 Å². The van der Waals surface area contributed by atoms with Gasteiger partial charge >= 0.3 is 0 Å². The van der Waals surface area contributed by atoms with Crippen molar-refractivity contribution in [1.82, 2.24) is 0 Å². The summed E-state index contributed by atoms with van der Waals surface area (Å²) in [6.45, 7) is 7.62. The summed E-state index contributed by atoms with van der Waals surface area (Å²) in [7, 11) is 0. The Morgan fingerprint density at radius 2 is 1.93 bits per heavy atom. The van der Waals surface area contributed by atoms with Crippen LogP contribution in [-0.2, 0) is 0 Å². The van der Waals surface area contributed by atoms with E-state index in [4.69, 9.17) is 0 Å². The lowest BCUT2D eigenvalue weighted by molar-refractivity contribution is 1.34. The predicted molar refractivity (Wildman–Crippen MR) is 63.4 cm³/mol. The van der Waals surface area contributed by atoms with Gasteiger partial charge in [0.15, 0.2) is 0 Å². The molecule has 1 aromatic rings. The number of benzene rings is 1. The van der Waals surface area contributed by atoms with Crippen molar-refractivity contribution in [2.24, 2.45) is 4.99 Å². The maximum atomic E-state index is 4.18. The SMILES string of the molecule is C=C(C)/N=C\C(=C/C)c1ccccc1. The second kappa shape index (κ2) is 5.18. The van der Waals surface area contributed by atoms with E-state index < -0.39 is 0 Å². The summed E-state index contributed by atoms with van der Waals surface area (Å²) in [5, 5.41) is 0. The van der Waals surface area contributed by atoms with E-state index in [2.05, 4.69) is 23.7 Å². The average Bonchev–Trinajstić information content (AvgIpc) is 2.20. The molecular weight excluding hydrogens is 170 g/mol. The maximum absolute atomic E-state index is 4.18. The van der Waals surface area contributed by atoms with Crippen LogP contribution in [0.15, 0.2) is 53.7 Å². The first-order chi connectivity index (χ1) is 6.74. The Morgan fingerprint density at radius 1 is 1.29 bits per heavy atom. The molecule has 0 aliphatic heterocycles. The van der Waals surface area contributed by atoms with Crippen molar-refractivity contribution in [3.63, 3.8) is 0 Å². The molecule has 0 bridgehead atoms. The molecule has 0 fully saturated rings. The molecule has 1 heteroatoms. The summed E-state index contributed by atoms with van der Waals surface area (Å²) < 4.78 is 0. The lowest BCUT2D eigenvalue weighted by Gasteiger charge is -2.00. The fourth-order valence-electron chi connectivity index (χ4n) is 1.13. The molecule has 0 radical (unpaired) electrons. The Kier molecular flexibility index (Phi) is 3.86. The molecule has 0 saturated carbocycles. The maximum Gasteiger partial charge on any atom is 0.0345 e. The summed E-state index contributed by atoms with van der Waals surface area (Å²) in [4.78, 5) is 4.18. The molecule has 0 amide bonds. The second-order valence-electron chi connectivity index (χ2n) is 3.10. The van der Waals surface area contributed by atoms with E-state index in [9.17, 15) is 0 Å². The van der Waals surface area contributed by atoms with E-state index in [1.54, 1.807) is 0 Å². The van der Waals surface area contributed by atoms with Crippen LogP contribution in [0.25, 0.3) is 5.57 Å². The highest BCUT2D eigenvalue weighted by Crippen LogP contribution is 2.11. The van der Waals surface area contributed by atoms with Gasteiger partial charge in [-0.15, -0.1) is 0 Å². The molecule has 0 atom stereocenters. The smallest absolute Gasteiger partial charge is 0.0345 e. The minimum Gasteiger partial charge on any atom is -0.262 e. The van der Waals surface area contributed by atoms with E-state index in [0.29, 0.717) is 0 Å². The molecule has 14 heavy (non-hydrogen) atoms. The van der Waals surface area contributed by atoms with Gasteiger partial charge in [-0.05, 0) is 25.0 Å². The third-order valence-corrected chi connectivity index (χ3v) is 1.84. The van der Waals surface area contributed by atoms with Crippen LogP contribution in [0.3, 0.4) is 0 Å². The summed E-state index contributed by atoms with van der Waals surface area (Å²) in [5.41, 5.74) is 3.12. The molecule has 0 N–H and O–H groups in total. The zero-order chi connectivity index (χ0) is 10.4. The van der Waals surface area contributed by atoms with Crippen molar-refractivity contribution in [2.75, 3.05) is 0 Å². The summed E-state index contributed by atoms with van der Waals surface area (Å²) >= 11 is 0. The topological polar surface area (TPSA) is 12.4 Å². The Balaban J connectivity index is 2.90. The van der Waals surface area contributed by atoms with E-state index >= 15 is 0 Å². The zero-order valence-electron chi connectivity index (χ0n) is 8.70. The highest BCUT2D eigenvalue weighted by molar-refractivity contribution is 6.09. The largest absolute Gasteiger partial charge is 0.262 e. The summed E-state index contributed by atoms with van der Waals surface area (Å²) in [5.74, 6) is 0. The lowest BCUT2D eigenvalue weighted by atomic mass is 10.1. The Bertz CT molecular complexity index is 358. The van der Waals surface area contributed by atoms with Crippen molar-refractivity contribution < 1.29 is 0 Å². The molecule has 0 aliphatic rings. The van der Waals surface area contributed by atoms with Crippen LogP contribution in [-0.4, -0.2) is 6.21 Å². The van der Waals surface area contributed by atoms with E-state index in [0.717, 1.165) is 11.3 Å². The van der Waals surface area contributed by atoms with Gasteiger partial charge in [-0.1, -0.05) is 43.0 Å². The number of hydrogen-bond donors (Lipinski definition) is 0. The third kappa shape index (κ3) is 3.02. The van der Waals surface area contributed by atoms with Gasteiger partial charge in [-0.25, -0.2) is 0 Å². The minimum atomic E-state index is 0.820. The predicted octanol–water partition coefficient (Wildman–Crippen LogP) is 3.69. The van der Waals surface area contributed by atoms with Crippen LogP contribution < -0.4 is 0 Å². The molecule has 0 heterocycles. The number of nitrogens with zero attached hydrogens (tertiary/aromatic N) is 1. The highest BCUT2D eigenvalue weighted by Gasteiger charge is 1.94. The normalized spacial score (nSPS) is 12.0. The van der Waals surface area contributed by atoms with Crippen LogP contribution >= 0.6 is 0 Å². The van der Waals surface area contributed by atoms with Crippen LogP contribution in [0.1, 0.15) is 19.4 Å². The van der Waals surface area contributed by atoms with Crippen molar-refractivity contribution in [1.29, 1.82) is 0 Å². The third-order valence-electron chi connectivity index (χ3n) is 1.84. The monoisotopic (exact) mass is 185 g/mol. The fraction of sp³-hybridized carbons (Fsp3) is 0.154. The van der Waals surface area contributed by atoms with Gasteiger partial charge in [0.1, 0.15) is 0 Å². The molecule has 1 aromatic carbocycles. The molecule has 1 nitrogen and oxygen atoms in total. The fourth-order valence-corrected chi connectivity index (χ4v) is 1.13. The number of hydrogen-bond acceptors (Lipinski definition) is 1. The second-order valence-corrected chi connectivity index (χ2v) is 3.10. The molecule has 0 spiro atoms. The molecule has 0 saturated heterocycles. The standard InChI is InChI=1S/C13H15N/c1-4-12(10-14-11(2)3)13-8-6-5-7-9-13/h4-10H,2H2,1,3H3/b12-4+,14-10-. The van der Waals surface area contributed by atoms with Gasteiger partial charge in [0.05, 0.1) is 0 Å². The van der Waals surface area contributed by atoms with Crippen LogP contribution in [0.2, 0.25) is 0 Å². The number of aliphatic imine (C=N–C) groups is 1. The van der Waals surface area contributed by atoms with E-state index in [1.807, 2.05) is 44.3 Å². The quantitative estimate of drug-likeness (QED) is 0.637. The van der Waals surface area contributed by atoms with Crippen molar-refractivity contribution in [3.05, 3.63) is 54.2 Å². The van der Waals surface area contributed by atoms with Gasteiger partial charge in [0, 0.05) is 11.9 Å². The summed E-state index contributed by atoms with van der Waals surface area (Å²) in [6.07, 6.45) is 3.89. The zero-order valence-corrected chi connectivity index (χ0v) is 8.70. The minimum absolute atomic E-state index is 0.820. The molecule has 72 valence electrons. The number of rotatable bonds is 3. The molecule has 0 unspecified atom stereocenters. The van der Waals surface area contributed by atoms with E-state index in [1.165, 1.54) is 5.56 Å². The Hall–Kier alpha value is -1.63. The number of allylic oxidation sites excluding steroid dienone is 3. The van der Waals surface area contributed by atoms with Crippen molar-refractivity contribution >= 4 is 11.8 Å². The summed E-state index contributed by atoms with van der Waals surface area (Å²) in [6, 6.07) is 10.2. The molecule has 1 rings (SSSR count). The van der Waals surface area contributed by atoms with Gasteiger partial charge in [0.2, 0.25) is 0 Å². The van der Waals surface area contributed by atoms with E-state index in [-0.39, 0.29) is 0 Å². The van der Waals surface area contributed by atoms with Gasteiger partial charge in [0.25, 0.3) is 0 Å². The van der Waals surface area contributed by atoms with Crippen LogP contribution in [0.4, 0.5) is 0 Å². The van der Waals surface area contributed by atoms with Crippen LogP contribution in [0.5, 0.6) is 0 Å². The average molecular weight is 185 g/mol.